The van der Waals surface area contributed by atoms with Crippen molar-refractivity contribution in [2.75, 3.05) is 0 Å². The summed E-state index contributed by atoms with van der Waals surface area (Å²) in [5.41, 5.74) is 0.949. The zero-order chi connectivity index (χ0) is 12.8. The SMILES string of the molecule is C[C@@H]1CCC[C@@H](NC(=O)/C=C/c2cccnc2)C1. The minimum atomic E-state index is -0.00190. The number of hydrogen-bond donors (Lipinski definition) is 1. The quantitative estimate of drug-likeness (QED) is 0.831. The van der Waals surface area contributed by atoms with Crippen molar-refractivity contribution in [2.24, 2.45) is 5.92 Å². The molecule has 0 aliphatic heterocycles. The first-order valence-corrected chi connectivity index (χ1v) is 6.62. The van der Waals surface area contributed by atoms with E-state index in [0.717, 1.165) is 24.3 Å². The van der Waals surface area contributed by atoms with Crippen molar-refractivity contribution in [3.63, 3.8) is 0 Å². The monoisotopic (exact) mass is 244 g/mol. The summed E-state index contributed by atoms with van der Waals surface area (Å²) in [6, 6.07) is 4.14. The molecule has 0 saturated heterocycles. The Morgan fingerprint density at radius 2 is 2.39 bits per heavy atom. The molecular formula is C15H20N2O. The van der Waals surface area contributed by atoms with E-state index in [1.54, 1.807) is 24.5 Å². The van der Waals surface area contributed by atoms with Gasteiger partial charge in [0.1, 0.15) is 0 Å². The van der Waals surface area contributed by atoms with Crippen LogP contribution in [0.25, 0.3) is 6.08 Å². The van der Waals surface area contributed by atoms with Gasteiger partial charge in [0.15, 0.2) is 0 Å². The standard InChI is InChI=1S/C15H20N2O/c1-12-4-2-6-14(10-12)17-15(18)8-7-13-5-3-9-16-11-13/h3,5,7-9,11-12,14H,2,4,6,10H2,1H3,(H,17,18)/b8-7+/t12-,14-/m1/s1. The molecule has 1 aliphatic carbocycles. The number of nitrogens with one attached hydrogen (secondary N) is 1. The molecule has 1 saturated carbocycles. The van der Waals surface area contributed by atoms with E-state index < -0.39 is 0 Å². The van der Waals surface area contributed by atoms with Crippen LogP contribution in [0.1, 0.15) is 38.2 Å². The molecule has 0 unspecified atom stereocenters. The molecule has 2 rings (SSSR count). The minimum Gasteiger partial charge on any atom is -0.350 e. The Morgan fingerprint density at radius 1 is 1.50 bits per heavy atom. The molecule has 96 valence electrons. The third kappa shape index (κ3) is 3.99. The van der Waals surface area contributed by atoms with Crippen LogP contribution in [0, 0.1) is 5.92 Å². The van der Waals surface area contributed by atoms with Crippen molar-refractivity contribution in [3.8, 4) is 0 Å². The Bertz CT molecular complexity index is 414. The summed E-state index contributed by atoms with van der Waals surface area (Å²) in [6.45, 7) is 2.25. The first-order valence-electron chi connectivity index (χ1n) is 6.62. The fourth-order valence-electron chi connectivity index (χ4n) is 2.46. The van der Waals surface area contributed by atoms with Crippen molar-refractivity contribution in [2.45, 2.75) is 38.6 Å². The average molecular weight is 244 g/mol. The molecule has 0 bridgehead atoms. The lowest BCUT2D eigenvalue weighted by Gasteiger charge is -2.26. The minimum absolute atomic E-state index is 0.00190. The molecule has 18 heavy (non-hydrogen) atoms. The van der Waals surface area contributed by atoms with E-state index in [1.807, 2.05) is 12.1 Å². The third-order valence-corrected chi connectivity index (χ3v) is 3.39. The van der Waals surface area contributed by atoms with Crippen LogP contribution in [-0.4, -0.2) is 16.9 Å². The second-order valence-corrected chi connectivity index (χ2v) is 5.10. The van der Waals surface area contributed by atoms with E-state index in [0.29, 0.717) is 6.04 Å². The van der Waals surface area contributed by atoms with Crippen LogP contribution >= 0.6 is 0 Å². The molecule has 1 aromatic rings. The van der Waals surface area contributed by atoms with Gasteiger partial charge in [-0.05, 0) is 36.5 Å². The van der Waals surface area contributed by atoms with Gasteiger partial charge in [-0.15, -0.1) is 0 Å². The number of rotatable bonds is 3. The maximum Gasteiger partial charge on any atom is 0.244 e. The molecule has 1 fully saturated rings. The topological polar surface area (TPSA) is 42.0 Å². The van der Waals surface area contributed by atoms with Crippen LogP contribution in [-0.2, 0) is 4.79 Å². The molecule has 0 spiro atoms. The maximum absolute atomic E-state index is 11.8. The van der Waals surface area contributed by atoms with E-state index in [4.69, 9.17) is 0 Å². The lowest BCUT2D eigenvalue weighted by molar-refractivity contribution is -0.117. The number of aromatic nitrogens is 1. The Labute approximate surface area is 108 Å². The van der Waals surface area contributed by atoms with Gasteiger partial charge >= 0.3 is 0 Å². The number of carbonyl (C=O) groups excluding carboxylic acids is 1. The fraction of sp³-hybridized carbons (Fsp3) is 0.467. The van der Waals surface area contributed by atoms with Crippen molar-refractivity contribution < 1.29 is 4.79 Å². The summed E-state index contributed by atoms with van der Waals surface area (Å²) in [7, 11) is 0. The first-order chi connectivity index (χ1) is 8.74. The van der Waals surface area contributed by atoms with Gasteiger partial charge in [-0.3, -0.25) is 9.78 Å². The predicted molar refractivity (Wildman–Crippen MR) is 72.8 cm³/mol. The third-order valence-electron chi connectivity index (χ3n) is 3.39. The highest BCUT2D eigenvalue weighted by molar-refractivity contribution is 5.91. The molecule has 1 aliphatic rings. The summed E-state index contributed by atoms with van der Waals surface area (Å²) < 4.78 is 0. The van der Waals surface area contributed by atoms with Gasteiger partial charge in [0.2, 0.25) is 5.91 Å². The highest BCUT2D eigenvalue weighted by Crippen LogP contribution is 2.23. The van der Waals surface area contributed by atoms with E-state index in [9.17, 15) is 4.79 Å². The van der Waals surface area contributed by atoms with Crippen molar-refractivity contribution in [3.05, 3.63) is 36.2 Å². The van der Waals surface area contributed by atoms with Gasteiger partial charge in [-0.2, -0.15) is 0 Å². The normalized spacial score (nSPS) is 24.1. The molecule has 0 radical (unpaired) electrons. The first kappa shape index (κ1) is 12.8. The van der Waals surface area contributed by atoms with Gasteiger partial charge in [0.25, 0.3) is 0 Å². The average Bonchev–Trinajstić information content (AvgIpc) is 2.38. The number of amides is 1. The summed E-state index contributed by atoms with van der Waals surface area (Å²) in [6.07, 6.45) is 11.6. The van der Waals surface area contributed by atoms with Gasteiger partial charge < -0.3 is 5.32 Å². The van der Waals surface area contributed by atoms with Crippen LogP contribution < -0.4 is 5.32 Å². The Hall–Kier alpha value is -1.64. The number of nitrogens with zero attached hydrogens (tertiary/aromatic N) is 1. The molecule has 1 amide bonds. The maximum atomic E-state index is 11.8. The van der Waals surface area contributed by atoms with Gasteiger partial charge in [0.05, 0.1) is 0 Å². The van der Waals surface area contributed by atoms with Crippen LogP contribution in [0.4, 0.5) is 0 Å². The Balaban J connectivity index is 1.83. The van der Waals surface area contributed by atoms with Crippen molar-refractivity contribution in [1.29, 1.82) is 0 Å². The predicted octanol–water partition coefficient (Wildman–Crippen LogP) is 2.79. The van der Waals surface area contributed by atoms with E-state index in [-0.39, 0.29) is 5.91 Å². The summed E-state index contributed by atoms with van der Waals surface area (Å²) in [4.78, 5) is 15.8. The van der Waals surface area contributed by atoms with E-state index >= 15 is 0 Å². The van der Waals surface area contributed by atoms with Crippen LogP contribution in [0.15, 0.2) is 30.6 Å². The molecule has 3 heteroatoms. The van der Waals surface area contributed by atoms with E-state index in [2.05, 4.69) is 17.2 Å². The van der Waals surface area contributed by atoms with E-state index in [1.165, 1.54) is 12.8 Å². The van der Waals surface area contributed by atoms with Crippen LogP contribution in [0.5, 0.6) is 0 Å². The summed E-state index contributed by atoms with van der Waals surface area (Å²) >= 11 is 0. The lowest BCUT2D eigenvalue weighted by atomic mass is 9.87. The summed E-state index contributed by atoms with van der Waals surface area (Å²) in [5.74, 6) is 0.726. The number of pyridine rings is 1. The Morgan fingerprint density at radius 3 is 3.11 bits per heavy atom. The number of hydrogen-bond acceptors (Lipinski definition) is 2. The van der Waals surface area contributed by atoms with Crippen LogP contribution in [0.3, 0.4) is 0 Å². The molecule has 1 aromatic heterocycles. The largest absolute Gasteiger partial charge is 0.350 e. The number of carbonyl (C=O) groups is 1. The molecule has 2 atom stereocenters. The lowest BCUT2D eigenvalue weighted by Crippen LogP contribution is -2.36. The van der Waals surface area contributed by atoms with Crippen molar-refractivity contribution >= 4 is 12.0 Å². The van der Waals surface area contributed by atoms with Gasteiger partial charge in [0, 0.05) is 24.5 Å². The van der Waals surface area contributed by atoms with Gasteiger partial charge in [-0.25, -0.2) is 0 Å². The second kappa shape index (κ2) is 6.34. The van der Waals surface area contributed by atoms with Crippen molar-refractivity contribution in [1.82, 2.24) is 10.3 Å². The smallest absolute Gasteiger partial charge is 0.244 e. The zero-order valence-electron chi connectivity index (χ0n) is 10.8. The molecule has 3 nitrogen and oxygen atoms in total. The molecule has 1 heterocycles. The van der Waals surface area contributed by atoms with Gasteiger partial charge in [-0.1, -0.05) is 25.8 Å². The Kier molecular flexibility index (Phi) is 4.51. The summed E-state index contributed by atoms with van der Waals surface area (Å²) in [5, 5.41) is 3.07. The molecular weight excluding hydrogens is 224 g/mol. The highest BCUT2D eigenvalue weighted by Gasteiger charge is 2.19. The van der Waals surface area contributed by atoms with Crippen LogP contribution in [0.2, 0.25) is 0 Å². The highest BCUT2D eigenvalue weighted by atomic mass is 16.1. The second-order valence-electron chi connectivity index (χ2n) is 5.10. The molecule has 1 N–H and O–H groups in total. The fourth-order valence-corrected chi connectivity index (χ4v) is 2.46. The molecule has 0 aromatic carbocycles. The zero-order valence-corrected chi connectivity index (χ0v) is 10.8.